The third-order valence-electron chi connectivity index (χ3n) is 4.23. The van der Waals surface area contributed by atoms with Crippen LogP contribution in [-0.2, 0) is 6.42 Å². The topological polar surface area (TPSA) is 35.2 Å². The van der Waals surface area contributed by atoms with Crippen LogP contribution in [0.1, 0.15) is 63.9 Å². The third kappa shape index (κ3) is 8.11. The van der Waals surface area contributed by atoms with Gasteiger partial charge < -0.3 is 10.5 Å². The van der Waals surface area contributed by atoms with Gasteiger partial charge >= 0.3 is 0 Å². The van der Waals surface area contributed by atoms with Crippen molar-refractivity contribution in [2.75, 3.05) is 13.7 Å². The van der Waals surface area contributed by atoms with Crippen molar-refractivity contribution >= 4 is 0 Å². The van der Waals surface area contributed by atoms with E-state index in [4.69, 9.17) is 10.5 Å². The Kier molecular flexibility index (Phi) is 9.98. The lowest BCUT2D eigenvalue weighted by Crippen LogP contribution is -2.16. The first-order valence-corrected chi connectivity index (χ1v) is 8.63. The highest BCUT2D eigenvalue weighted by molar-refractivity contribution is 5.27. The zero-order valence-corrected chi connectivity index (χ0v) is 13.9. The van der Waals surface area contributed by atoms with Crippen LogP contribution in [0.2, 0.25) is 0 Å². The number of hydrogen-bond acceptors (Lipinski definition) is 2. The molecule has 2 heteroatoms. The molecule has 0 heterocycles. The summed E-state index contributed by atoms with van der Waals surface area (Å²) in [6, 6.07) is 8.39. The summed E-state index contributed by atoms with van der Waals surface area (Å²) in [6.45, 7) is 3.06. The summed E-state index contributed by atoms with van der Waals surface area (Å²) in [4.78, 5) is 0. The molecule has 1 unspecified atom stereocenters. The minimum atomic E-state index is 0.619. The van der Waals surface area contributed by atoms with Gasteiger partial charge in [0.25, 0.3) is 0 Å². The molecular weight excluding hydrogens is 258 g/mol. The van der Waals surface area contributed by atoms with Gasteiger partial charge in [0.05, 0.1) is 7.11 Å². The fourth-order valence-electron chi connectivity index (χ4n) is 2.79. The molecule has 0 fully saturated rings. The van der Waals surface area contributed by atoms with E-state index in [1.165, 1.54) is 56.9 Å². The standard InChI is InChI=1S/C19H33NO/c1-3-4-5-6-7-8-9-10-18(16-20)15-17-11-13-19(21-2)14-12-17/h11-14,18H,3-10,15-16,20H2,1-2H3. The lowest BCUT2D eigenvalue weighted by Gasteiger charge is -2.15. The fraction of sp³-hybridized carbons (Fsp3) is 0.684. The summed E-state index contributed by atoms with van der Waals surface area (Å²) in [5, 5.41) is 0. The van der Waals surface area contributed by atoms with Crippen molar-refractivity contribution in [3.05, 3.63) is 29.8 Å². The van der Waals surface area contributed by atoms with Gasteiger partial charge in [0, 0.05) is 0 Å². The maximum absolute atomic E-state index is 5.93. The van der Waals surface area contributed by atoms with Gasteiger partial charge in [0.2, 0.25) is 0 Å². The first-order chi connectivity index (χ1) is 10.3. The molecule has 1 aromatic carbocycles. The quantitative estimate of drug-likeness (QED) is 0.553. The average molecular weight is 291 g/mol. The molecule has 0 aliphatic rings. The molecule has 1 aromatic rings. The molecule has 120 valence electrons. The van der Waals surface area contributed by atoms with Gasteiger partial charge in [0.15, 0.2) is 0 Å². The molecule has 0 spiro atoms. The zero-order chi connectivity index (χ0) is 15.3. The number of ether oxygens (including phenoxy) is 1. The molecule has 0 aliphatic heterocycles. The van der Waals surface area contributed by atoms with E-state index in [2.05, 4.69) is 19.1 Å². The Morgan fingerprint density at radius 3 is 2.14 bits per heavy atom. The molecule has 0 saturated carbocycles. The van der Waals surface area contributed by atoms with E-state index in [0.29, 0.717) is 5.92 Å². The number of nitrogens with two attached hydrogens (primary N) is 1. The Hall–Kier alpha value is -1.02. The number of rotatable bonds is 12. The molecule has 0 aromatic heterocycles. The number of hydrogen-bond donors (Lipinski definition) is 1. The molecule has 0 saturated heterocycles. The van der Waals surface area contributed by atoms with Crippen molar-refractivity contribution in [1.82, 2.24) is 0 Å². The van der Waals surface area contributed by atoms with Crippen molar-refractivity contribution in [1.29, 1.82) is 0 Å². The van der Waals surface area contributed by atoms with Gasteiger partial charge in [-0.05, 0) is 43.0 Å². The molecule has 0 radical (unpaired) electrons. The Morgan fingerprint density at radius 1 is 0.952 bits per heavy atom. The molecule has 2 N–H and O–H groups in total. The van der Waals surface area contributed by atoms with E-state index in [1.54, 1.807) is 7.11 Å². The molecule has 0 aliphatic carbocycles. The van der Waals surface area contributed by atoms with E-state index in [-0.39, 0.29) is 0 Å². The van der Waals surface area contributed by atoms with E-state index < -0.39 is 0 Å². The monoisotopic (exact) mass is 291 g/mol. The SMILES string of the molecule is CCCCCCCCCC(CN)Cc1ccc(OC)cc1. The summed E-state index contributed by atoms with van der Waals surface area (Å²) in [5.41, 5.74) is 7.30. The van der Waals surface area contributed by atoms with E-state index in [0.717, 1.165) is 18.7 Å². The largest absolute Gasteiger partial charge is 0.497 e. The Balaban J connectivity index is 2.18. The lowest BCUT2D eigenvalue weighted by molar-refractivity contribution is 0.414. The molecule has 0 amide bonds. The van der Waals surface area contributed by atoms with Crippen LogP contribution >= 0.6 is 0 Å². The summed E-state index contributed by atoms with van der Waals surface area (Å²) < 4.78 is 5.20. The molecule has 1 atom stereocenters. The van der Waals surface area contributed by atoms with Crippen molar-refractivity contribution in [3.8, 4) is 5.75 Å². The van der Waals surface area contributed by atoms with Crippen molar-refractivity contribution in [3.63, 3.8) is 0 Å². The first-order valence-electron chi connectivity index (χ1n) is 8.63. The number of unbranched alkanes of at least 4 members (excludes halogenated alkanes) is 6. The highest BCUT2D eigenvalue weighted by atomic mass is 16.5. The van der Waals surface area contributed by atoms with Crippen molar-refractivity contribution in [2.45, 2.75) is 64.7 Å². The number of methoxy groups -OCH3 is 1. The molecule has 1 rings (SSSR count). The van der Waals surface area contributed by atoms with Crippen LogP contribution in [0.15, 0.2) is 24.3 Å². The van der Waals surface area contributed by atoms with Crippen LogP contribution in [0.5, 0.6) is 5.75 Å². The summed E-state index contributed by atoms with van der Waals surface area (Å²) >= 11 is 0. The number of benzene rings is 1. The van der Waals surface area contributed by atoms with Crippen molar-refractivity contribution in [2.24, 2.45) is 11.7 Å². The van der Waals surface area contributed by atoms with Gasteiger partial charge in [-0.1, -0.05) is 64.0 Å². The zero-order valence-electron chi connectivity index (χ0n) is 13.9. The van der Waals surface area contributed by atoms with E-state index in [1.807, 2.05) is 12.1 Å². The van der Waals surface area contributed by atoms with Gasteiger partial charge in [-0.25, -0.2) is 0 Å². The maximum Gasteiger partial charge on any atom is 0.118 e. The Morgan fingerprint density at radius 2 is 1.57 bits per heavy atom. The van der Waals surface area contributed by atoms with Crippen LogP contribution in [-0.4, -0.2) is 13.7 Å². The first kappa shape index (κ1) is 18.0. The Bertz CT molecular complexity index is 347. The van der Waals surface area contributed by atoms with Crippen LogP contribution in [0.25, 0.3) is 0 Å². The summed E-state index contributed by atoms with van der Waals surface area (Å²) in [6.07, 6.45) is 12.0. The Labute approximate surface area is 131 Å². The summed E-state index contributed by atoms with van der Waals surface area (Å²) in [5.74, 6) is 1.55. The van der Waals surface area contributed by atoms with Gasteiger partial charge in [-0.3, -0.25) is 0 Å². The predicted octanol–water partition coefficient (Wildman–Crippen LogP) is 4.95. The normalized spacial score (nSPS) is 12.3. The predicted molar refractivity (Wildman–Crippen MR) is 91.9 cm³/mol. The van der Waals surface area contributed by atoms with Gasteiger partial charge in [0.1, 0.15) is 5.75 Å². The smallest absolute Gasteiger partial charge is 0.118 e. The fourth-order valence-corrected chi connectivity index (χ4v) is 2.79. The van der Waals surface area contributed by atoms with E-state index in [9.17, 15) is 0 Å². The van der Waals surface area contributed by atoms with E-state index >= 15 is 0 Å². The molecular formula is C19H33NO. The maximum atomic E-state index is 5.93. The third-order valence-corrected chi connectivity index (χ3v) is 4.23. The van der Waals surface area contributed by atoms with Crippen LogP contribution in [0, 0.1) is 5.92 Å². The van der Waals surface area contributed by atoms with Gasteiger partial charge in [-0.15, -0.1) is 0 Å². The minimum absolute atomic E-state index is 0.619. The second kappa shape index (κ2) is 11.6. The second-order valence-corrected chi connectivity index (χ2v) is 6.06. The summed E-state index contributed by atoms with van der Waals surface area (Å²) in [7, 11) is 1.71. The minimum Gasteiger partial charge on any atom is -0.497 e. The second-order valence-electron chi connectivity index (χ2n) is 6.06. The molecule has 21 heavy (non-hydrogen) atoms. The van der Waals surface area contributed by atoms with Gasteiger partial charge in [-0.2, -0.15) is 0 Å². The molecule has 2 nitrogen and oxygen atoms in total. The lowest BCUT2D eigenvalue weighted by atomic mass is 9.93. The average Bonchev–Trinajstić information content (AvgIpc) is 2.53. The van der Waals surface area contributed by atoms with Crippen LogP contribution in [0.3, 0.4) is 0 Å². The molecule has 0 bridgehead atoms. The highest BCUT2D eigenvalue weighted by Crippen LogP contribution is 2.18. The van der Waals surface area contributed by atoms with Crippen molar-refractivity contribution < 1.29 is 4.74 Å². The highest BCUT2D eigenvalue weighted by Gasteiger charge is 2.08. The van der Waals surface area contributed by atoms with Crippen LogP contribution in [0.4, 0.5) is 0 Å². The van der Waals surface area contributed by atoms with Crippen LogP contribution < -0.4 is 10.5 Å².